The molecule has 4 nitrogen and oxygen atoms in total. The van der Waals surface area contributed by atoms with Crippen LogP contribution in [0.3, 0.4) is 0 Å². The molecule has 5 rings (SSSR count). The second kappa shape index (κ2) is 11.1. The summed E-state index contributed by atoms with van der Waals surface area (Å²) in [5.41, 5.74) is 4.87. The van der Waals surface area contributed by atoms with Crippen molar-refractivity contribution in [2.24, 2.45) is 0 Å². The highest BCUT2D eigenvalue weighted by atomic mass is 16.2. The number of nitrogens with zero attached hydrogens (tertiary/aromatic N) is 3. The highest BCUT2D eigenvalue weighted by Gasteiger charge is 2.45. The zero-order valence-electron chi connectivity index (χ0n) is 21.4. The van der Waals surface area contributed by atoms with Gasteiger partial charge in [-0.05, 0) is 67.3 Å². The summed E-state index contributed by atoms with van der Waals surface area (Å²) in [6.45, 7) is 10.1. The van der Waals surface area contributed by atoms with Crippen molar-refractivity contribution < 1.29 is 4.79 Å². The molecule has 0 saturated carbocycles. The van der Waals surface area contributed by atoms with Gasteiger partial charge < -0.3 is 4.90 Å². The number of hydrogen-bond donors (Lipinski definition) is 0. The van der Waals surface area contributed by atoms with Crippen LogP contribution in [0.25, 0.3) is 0 Å². The van der Waals surface area contributed by atoms with Gasteiger partial charge in [-0.2, -0.15) is 0 Å². The maximum atomic E-state index is 13.2. The topological polar surface area (TPSA) is 26.8 Å². The average Bonchev–Trinajstić information content (AvgIpc) is 3.10. The summed E-state index contributed by atoms with van der Waals surface area (Å²) < 4.78 is 0. The van der Waals surface area contributed by atoms with E-state index in [9.17, 15) is 4.79 Å². The van der Waals surface area contributed by atoms with Gasteiger partial charge in [0.1, 0.15) is 0 Å². The minimum absolute atomic E-state index is 0.193. The van der Waals surface area contributed by atoms with E-state index >= 15 is 0 Å². The number of amides is 1. The second-order valence-electron chi connectivity index (χ2n) is 10.6. The highest BCUT2D eigenvalue weighted by molar-refractivity contribution is 5.94. The van der Waals surface area contributed by atoms with E-state index in [1.54, 1.807) is 0 Å². The largest absolute Gasteiger partial charge is 0.339 e. The predicted molar refractivity (Wildman–Crippen MR) is 144 cm³/mol. The summed E-state index contributed by atoms with van der Waals surface area (Å²) >= 11 is 0. The molecule has 2 bridgehead atoms. The van der Waals surface area contributed by atoms with Crippen LogP contribution in [0, 0.1) is 0 Å². The molecule has 3 saturated heterocycles. The van der Waals surface area contributed by atoms with E-state index < -0.39 is 0 Å². The molecule has 0 radical (unpaired) electrons. The molecule has 2 aromatic rings. The van der Waals surface area contributed by atoms with Crippen LogP contribution in [-0.4, -0.2) is 59.0 Å². The lowest BCUT2D eigenvalue weighted by Crippen LogP contribution is -2.46. The Kier molecular flexibility index (Phi) is 7.69. The van der Waals surface area contributed by atoms with Crippen molar-refractivity contribution in [1.82, 2.24) is 14.7 Å². The lowest BCUT2D eigenvalue weighted by atomic mass is 9.90. The molecule has 0 N–H and O–H groups in total. The van der Waals surface area contributed by atoms with Gasteiger partial charge in [-0.25, -0.2) is 0 Å². The number of piperidine rings is 1. The van der Waals surface area contributed by atoms with E-state index in [1.165, 1.54) is 48.8 Å². The molecule has 3 unspecified atom stereocenters. The van der Waals surface area contributed by atoms with Crippen LogP contribution in [0.2, 0.25) is 0 Å². The average molecular weight is 472 g/mol. The zero-order valence-corrected chi connectivity index (χ0v) is 21.4. The number of hydrogen-bond acceptors (Lipinski definition) is 3. The summed E-state index contributed by atoms with van der Waals surface area (Å²) in [6, 6.07) is 18.5. The Hall–Kier alpha value is -2.43. The molecule has 1 amide bonds. The third-order valence-electron chi connectivity index (χ3n) is 8.34. The monoisotopic (exact) mass is 471 g/mol. The SMILES string of the molecule is C=CCN1CC2CCCC1N2C(c1ccc(C(=O)N2CCCCCC2)cc1)c1cccc(CC)c1. The van der Waals surface area contributed by atoms with Gasteiger partial charge in [-0.1, -0.05) is 62.2 Å². The molecule has 3 aliphatic rings. The molecule has 186 valence electrons. The molecule has 35 heavy (non-hydrogen) atoms. The van der Waals surface area contributed by atoms with Crippen LogP contribution in [-0.2, 0) is 6.42 Å². The first-order valence-electron chi connectivity index (χ1n) is 13.8. The molecule has 4 heteroatoms. The van der Waals surface area contributed by atoms with Gasteiger partial charge in [0.2, 0.25) is 0 Å². The van der Waals surface area contributed by atoms with Crippen molar-refractivity contribution in [1.29, 1.82) is 0 Å². The molecule has 3 atom stereocenters. The predicted octanol–water partition coefficient (Wildman–Crippen LogP) is 6.04. The van der Waals surface area contributed by atoms with Crippen molar-refractivity contribution in [3.8, 4) is 0 Å². The number of carbonyl (C=O) groups excluding carboxylic acids is 1. The van der Waals surface area contributed by atoms with Crippen LogP contribution < -0.4 is 0 Å². The number of benzene rings is 2. The standard InChI is InChI=1S/C31H41N3O/c1-3-19-33-23-28-13-10-14-29(33)34(28)30(27-12-9-11-24(4-2)22-27)25-15-17-26(18-16-25)31(35)32-20-7-5-6-8-21-32/h3,9,11-12,15-18,22,28-30H,1,4-8,10,13-14,19-21,23H2,2H3. The lowest BCUT2D eigenvalue weighted by molar-refractivity contribution is 0.0619. The van der Waals surface area contributed by atoms with Crippen LogP contribution in [0.15, 0.2) is 61.2 Å². The van der Waals surface area contributed by atoms with Crippen LogP contribution in [0.1, 0.15) is 85.0 Å². The maximum Gasteiger partial charge on any atom is 0.253 e. The molecule has 2 aromatic carbocycles. The Labute approximate surface area is 211 Å². The summed E-state index contributed by atoms with van der Waals surface area (Å²) in [4.78, 5) is 20.7. The third kappa shape index (κ3) is 5.10. The van der Waals surface area contributed by atoms with Crippen LogP contribution in [0.4, 0.5) is 0 Å². The summed E-state index contributed by atoms with van der Waals surface area (Å²) in [6.07, 6.45) is 12.0. The second-order valence-corrected chi connectivity index (χ2v) is 10.6. The van der Waals surface area contributed by atoms with Crippen molar-refractivity contribution in [2.45, 2.75) is 76.5 Å². The lowest BCUT2D eigenvalue weighted by Gasteiger charge is -2.42. The number of rotatable bonds is 7. The van der Waals surface area contributed by atoms with Crippen LogP contribution >= 0.6 is 0 Å². The molecule has 3 aliphatic heterocycles. The van der Waals surface area contributed by atoms with E-state index in [-0.39, 0.29) is 11.9 Å². The Morgan fingerprint density at radius 1 is 1.00 bits per heavy atom. The van der Waals surface area contributed by atoms with E-state index in [0.717, 1.165) is 51.0 Å². The molecular formula is C31H41N3O. The first kappa shape index (κ1) is 24.3. The number of aryl methyl sites for hydroxylation is 1. The molecule has 3 fully saturated rings. The van der Waals surface area contributed by atoms with Gasteiger partial charge in [0.05, 0.1) is 12.2 Å². The summed E-state index contributed by atoms with van der Waals surface area (Å²) in [7, 11) is 0. The zero-order chi connectivity index (χ0) is 24.2. The Morgan fingerprint density at radius 3 is 2.49 bits per heavy atom. The number of likely N-dealkylation sites (tertiary alicyclic amines) is 2. The quantitative estimate of drug-likeness (QED) is 0.461. The third-order valence-corrected chi connectivity index (χ3v) is 8.34. The summed E-state index contributed by atoms with van der Waals surface area (Å²) in [5.74, 6) is 0.193. The van der Waals surface area contributed by atoms with E-state index in [0.29, 0.717) is 12.2 Å². The Balaban J connectivity index is 1.48. The van der Waals surface area contributed by atoms with E-state index in [1.807, 2.05) is 0 Å². The molecule has 0 aliphatic carbocycles. The first-order valence-corrected chi connectivity index (χ1v) is 13.8. The minimum atomic E-state index is 0.193. The van der Waals surface area contributed by atoms with Gasteiger partial charge in [-0.15, -0.1) is 6.58 Å². The minimum Gasteiger partial charge on any atom is -0.339 e. The van der Waals surface area contributed by atoms with Crippen molar-refractivity contribution in [2.75, 3.05) is 26.2 Å². The number of fused-ring (bicyclic) bond motifs is 2. The van der Waals surface area contributed by atoms with Gasteiger partial charge in [0.25, 0.3) is 5.91 Å². The Morgan fingerprint density at radius 2 is 1.77 bits per heavy atom. The van der Waals surface area contributed by atoms with Crippen molar-refractivity contribution >= 4 is 5.91 Å². The fraction of sp³-hybridized carbons (Fsp3) is 0.516. The van der Waals surface area contributed by atoms with Gasteiger partial charge >= 0.3 is 0 Å². The van der Waals surface area contributed by atoms with Gasteiger partial charge in [-0.3, -0.25) is 14.6 Å². The van der Waals surface area contributed by atoms with Crippen LogP contribution in [0.5, 0.6) is 0 Å². The number of carbonyl (C=O) groups is 1. The summed E-state index contributed by atoms with van der Waals surface area (Å²) in [5, 5.41) is 0. The van der Waals surface area contributed by atoms with E-state index in [2.05, 4.69) is 82.8 Å². The molecular weight excluding hydrogens is 430 g/mol. The first-order chi connectivity index (χ1) is 17.2. The molecule has 0 spiro atoms. The van der Waals surface area contributed by atoms with E-state index in [4.69, 9.17) is 0 Å². The molecule has 0 aromatic heterocycles. The highest BCUT2D eigenvalue weighted by Crippen LogP contribution is 2.42. The van der Waals surface area contributed by atoms with Crippen molar-refractivity contribution in [3.63, 3.8) is 0 Å². The van der Waals surface area contributed by atoms with Gasteiger partial charge in [0.15, 0.2) is 0 Å². The fourth-order valence-corrected chi connectivity index (χ4v) is 6.56. The van der Waals surface area contributed by atoms with Gasteiger partial charge in [0, 0.05) is 37.8 Å². The fourth-order valence-electron chi connectivity index (χ4n) is 6.56. The normalized spacial score (nSPS) is 24.2. The van der Waals surface area contributed by atoms with Crippen molar-refractivity contribution in [3.05, 3.63) is 83.4 Å². The molecule has 3 heterocycles. The smallest absolute Gasteiger partial charge is 0.253 e. The maximum absolute atomic E-state index is 13.2. The Bertz CT molecular complexity index is 1010.